The van der Waals surface area contributed by atoms with Gasteiger partial charge in [-0.05, 0) is 63.5 Å². The smallest absolute Gasteiger partial charge is 0.179 e. The second-order valence-electron chi connectivity index (χ2n) is 6.66. The van der Waals surface area contributed by atoms with E-state index in [1.54, 1.807) is 0 Å². The summed E-state index contributed by atoms with van der Waals surface area (Å²) in [7, 11) is 2.29. The maximum Gasteiger partial charge on any atom is 0.179 e. The van der Waals surface area contributed by atoms with Crippen molar-refractivity contribution in [2.24, 2.45) is 0 Å². The molecule has 0 radical (unpaired) electrons. The van der Waals surface area contributed by atoms with Crippen molar-refractivity contribution in [3.63, 3.8) is 0 Å². The van der Waals surface area contributed by atoms with Gasteiger partial charge in [0, 0.05) is 24.3 Å². The number of aromatic amines is 1. The van der Waals surface area contributed by atoms with Crippen molar-refractivity contribution in [3.8, 4) is 0 Å². The van der Waals surface area contributed by atoms with Crippen molar-refractivity contribution in [2.45, 2.75) is 57.2 Å². The molecule has 2 unspecified atom stereocenters. The third-order valence-corrected chi connectivity index (χ3v) is 5.80. The summed E-state index contributed by atoms with van der Waals surface area (Å²) in [5.41, 5.74) is 3.36. The number of fused-ring (bicyclic) bond motifs is 3. The summed E-state index contributed by atoms with van der Waals surface area (Å²) in [5.74, 6) is 0. The topological polar surface area (TPSA) is 36.9 Å². The molecule has 4 rings (SSSR count). The summed E-state index contributed by atoms with van der Waals surface area (Å²) in [6.07, 6.45) is 8.32. The molecule has 0 amide bonds. The average Bonchev–Trinajstić information content (AvgIpc) is 2.77. The van der Waals surface area contributed by atoms with Crippen molar-refractivity contribution in [3.05, 3.63) is 22.6 Å². The van der Waals surface area contributed by atoms with Gasteiger partial charge in [-0.15, -0.1) is 0 Å². The van der Waals surface area contributed by atoms with Crippen LogP contribution < -0.4 is 0 Å². The monoisotopic (exact) mass is 302 g/mol. The fraction of sp³-hybridized carbons (Fsp3) is 0.625. The van der Waals surface area contributed by atoms with Crippen LogP contribution in [0.15, 0.2) is 12.3 Å². The molecule has 4 heterocycles. The van der Waals surface area contributed by atoms with Crippen LogP contribution in [0.25, 0.3) is 11.2 Å². The lowest BCUT2D eigenvalue weighted by Gasteiger charge is -2.47. The van der Waals surface area contributed by atoms with Crippen molar-refractivity contribution in [2.75, 3.05) is 7.05 Å². The Hall–Kier alpha value is -1.20. The first kappa shape index (κ1) is 13.5. The van der Waals surface area contributed by atoms with E-state index < -0.39 is 0 Å². The van der Waals surface area contributed by atoms with Gasteiger partial charge in [-0.2, -0.15) is 0 Å². The van der Waals surface area contributed by atoms with Crippen LogP contribution in [-0.2, 0) is 0 Å². The minimum atomic E-state index is 0.493. The van der Waals surface area contributed by atoms with Crippen LogP contribution in [0.5, 0.6) is 0 Å². The number of aromatic nitrogens is 3. The molecule has 2 saturated heterocycles. The molecule has 2 aliphatic heterocycles. The summed E-state index contributed by atoms with van der Waals surface area (Å²) in [6.45, 7) is 2.11. The molecular weight excluding hydrogens is 280 g/mol. The van der Waals surface area contributed by atoms with Gasteiger partial charge in [0.2, 0.25) is 0 Å². The highest BCUT2D eigenvalue weighted by Crippen LogP contribution is 2.39. The molecule has 0 aromatic carbocycles. The van der Waals surface area contributed by atoms with Gasteiger partial charge in [0.25, 0.3) is 0 Å². The second-order valence-corrected chi connectivity index (χ2v) is 7.04. The molecule has 0 aliphatic carbocycles. The fourth-order valence-corrected chi connectivity index (χ4v) is 4.62. The van der Waals surface area contributed by atoms with E-state index in [1.165, 1.54) is 37.7 Å². The maximum absolute atomic E-state index is 5.61. The molecule has 2 aromatic rings. The Morgan fingerprint density at radius 3 is 2.67 bits per heavy atom. The first-order chi connectivity index (χ1) is 10.1. The predicted octanol–water partition coefficient (Wildman–Crippen LogP) is 3.59. The number of hydrogen-bond acceptors (Lipinski definition) is 3. The van der Waals surface area contributed by atoms with Gasteiger partial charge in [-0.3, -0.25) is 4.57 Å². The molecular formula is C16H22N4S. The molecule has 2 fully saturated rings. The molecule has 2 aromatic heterocycles. The van der Waals surface area contributed by atoms with E-state index in [4.69, 9.17) is 12.2 Å². The van der Waals surface area contributed by atoms with Crippen molar-refractivity contribution in [1.29, 1.82) is 0 Å². The van der Waals surface area contributed by atoms with Crippen molar-refractivity contribution in [1.82, 2.24) is 19.4 Å². The average molecular weight is 302 g/mol. The largest absolute Gasteiger partial charge is 0.329 e. The fourth-order valence-electron chi connectivity index (χ4n) is 4.28. The number of hydrogen-bond donors (Lipinski definition) is 1. The lowest BCUT2D eigenvalue weighted by atomic mass is 9.82. The lowest BCUT2D eigenvalue weighted by molar-refractivity contribution is 0.0405. The molecule has 2 atom stereocenters. The third kappa shape index (κ3) is 2.06. The zero-order chi connectivity index (χ0) is 14.6. The number of piperidine rings is 2. The Morgan fingerprint density at radius 1 is 1.24 bits per heavy atom. The molecule has 4 nitrogen and oxygen atoms in total. The Labute approximate surface area is 130 Å². The molecule has 0 spiro atoms. The van der Waals surface area contributed by atoms with Crippen molar-refractivity contribution < 1.29 is 0 Å². The lowest BCUT2D eigenvalue weighted by Crippen LogP contribution is -2.50. The zero-order valence-electron chi connectivity index (χ0n) is 12.7. The molecule has 21 heavy (non-hydrogen) atoms. The highest BCUT2D eigenvalue weighted by atomic mass is 32.1. The minimum Gasteiger partial charge on any atom is -0.329 e. The van der Waals surface area contributed by atoms with Crippen LogP contribution in [0.4, 0.5) is 0 Å². The van der Waals surface area contributed by atoms with Crippen molar-refractivity contribution >= 4 is 23.4 Å². The molecule has 5 heteroatoms. The molecule has 1 N–H and O–H groups in total. The Bertz CT molecular complexity index is 717. The normalized spacial score (nSPS) is 29.9. The number of nitrogens with zero attached hydrogens (tertiary/aromatic N) is 3. The minimum absolute atomic E-state index is 0.493. The molecule has 112 valence electrons. The molecule has 0 saturated carbocycles. The number of rotatable bonds is 1. The van der Waals surface area contributed by atoms with Gasteiger partial charge < -0.3 is 9.88 Å². The highest BCUT2D eigenvalue weighted by Gasteiger charge is 2.37. The summed E-state index contributed by atoms with van der Waals surface area (Å²) >= 11 is 5.61. The van der Waals surface area contributed by atoms with E-state index in [9.17, 15) is 0 Å². The van der Waals surface area contributed by atoms with Gasteiger partial charge in [-0.25, -0.2) is 4.98 Å². The van der Waals surface area contributed by atoms with E-state index in [2.05, 4.69) is 33.4 Å². The molecule has 2 bridgehead atoms. The number of imidazole rings is 1. The van der Waals surface area contributed by atoms with Crippen LogP contribution in [0.1, 0.15) is 43.7 Å². The van der Waals surface area contributed by atoms with Crippen LogP contribution >= 0.6 is 12.2 Å². The number of nitrogens with one attached hydrogen (secondary N) is 1. The molecule has 2 aliphatic rings. The van der Waals surface area contributed by atoms with Crippen LogP contribution in [0.2, 0.25) is 0 Å². The summed E-state index contributed by atoms with van der Waals surface area (Å²) in [6, 6.07) is 3.95. The van der Waals surface area contributed by atoms with Gasteiger partial charge in [-0.1, -0.05) is 6.42 Å². The summed E-state index contributed by atoms with van der Waals surface area (Å²) < 4.78 is 3.12. The standard InChI is InChI=1S/C16H22N4S/c1-10-6-7-17-15-14(10)18-16(21)20(15)13-8-11-4-3-5-12(9-13)19(11)2/h6-7,11-13H,3-5,8-9H2,1-2H3,(H,18,21). The van der Waals surface area contributed by atoms with E-state index in [0.29, 0.717) is 18.1 Å². The Kier molecular flexibility index (Phi) is 3.15. The van der Waals surface area contributed by atoms with E-state index in [-0.39, 0.29) is 0 Å². The number of aryl methyl sites for hydroxylation is 1. The first-order valence-electron chi connectivity index (χ1n) is 7.93. The van der Waals surface area contributed by atoms with Crippen LogP contribution in [-0.4, -0.2) is 38.6 Å². The Morgan fingerprint density at radius 2 is 1.95 bits per heavy atom. The quantitative estimate of drug-likeness (QED) is 0.818. The van der Waals surface area contributed by atoms with Crippen LogP contribution in [0, 0.1) is 11.7 Å². The van der Waals surface area contributed by atoms with Gasteiger partial charge in [0.05, 0.1) is 5.52 Å². The number of H-pyrrole nitrogens is 1. The second kappa shape index (κ2) is 4.92. The first-order valence-corrected chi connectivity index (χ1v) is 8.33. The third-order valence-electron chi connectivity index (χ3n) is 5.50. The van der Waals surface area contributed by atoms with E-state index in [0.717, 1.165) is 15.9 Å². The number of pyridine rings is 1. The summed E-state index contributed by atoms with van der Waals surface area (Å²) in [5, 5.41) is 0. The van der Waals surface area contributed by atoms with Gasteiger partial charge in [0.1, 0.15) is 0 Å². The SMILES string of the molecule is Cc1ccnc2c1[nH]c(=S)n2C1CC2CCCC(C1)N2C. The van der Waals surface area contributed by atoms with Gasteiger partial charge in [0.15, 0.2) is 10.4 Å². The maximum atomic E-state index is 5.61. The predicted molar refractivity (Wildman–Crippen MR) is 87.1 cm³/mol. The summed E-state index contributed by atoms with van der Waals surface area (Å²) in [4.78, 5) is 10.6. The highest BCUT2D eigenvalue weighted by molar-refractivity contribution is 7.71. The van der Waals surface area contributed by atoms with Gasteiger partial charge >= 0.3 is 0 Å². The van der Waals surface area contributed by atoms with E-state index in [1.807, 2.05) is 12.3 Å². The zero-order valence-corrected chi connectivity index (χ0v) is 13.5. The Balaban J connectivity index is 1.79. The van der Waals surface area contributed by atoms with E-state index >= 15 is 0 Å². The van der Waals surface area contributed by atoms with Crippen LogP contribution in [0.3, 0.4) is 0 Å².